The number of aryl methyl sites for hydroxylation is 1. The summed E-state index contributed by atoms with van der Waals surface area (Å²) in [4.78, 5) is 26.6. The van der Waals surface area contributed by atoms with Crippen molar-refractivity contribution < 1.29 is 19.1 Å². The number of rotatable bonds is 6. The Labute approximate surface area is 164 Å². The smallest absolute Gasteiger partial charge is 0.231 e. The molecule has 0 radical (unpaired) electrons. The van der Waals surface area contributed by atoms with Crippen LogP contribution in [0.2, 0.25) is 0 Å². The molecule has 0 bridgehead atoms. The number of ether oxygens (including phenoxy) is 2. The van der Waals surface area contributed by atoms with E-state index in [-0.39, 0.29) is 30.9 Å². The number of benzene rings is 2. The molecule has 4 rings (SSSR count). The largest absolute Gasteiger partial charge is 0.454 e. The number of hydrogen-bond acceptors (Lipinski definition) is 4. The third-order valence-corrected chi connectivity index (χ3v) is 5.28. The lowest BCUT2D eigenvalue weighted by Crippen LogP contribution is -2.33. The van der Waals surface area contributed by atoms with Gasteiger partial charge >= 0.3 is 0 Å². The highest BCUT2D eigenvalue weighted by Crippen LogP contribution is 2.32. The molecular formula is C22H24N2O4. The van der Waals surface area contributed by atoms with E-state index in [4.69, 9.17) is 9.47 Å². The lowest BCUT2D eigenvalue weighted by Gasteiger charge is -2.16. The lowest BCUT2D eigenvalue weighted by atomic mass is 10.1. The SMILES string of the molecule is Cc1ccc(CCN2C[C@H](C(=O)NCc3ccc4c(c3)OCO4)CC2=O)cc1. The predicted octanol–water partition coefficient (Wildman–Crippen LogP) is 2.43. The zero-order valence-corrected chi connectivity index (χ0v) is 15.9. The monoisotopic (exact) mass is 380 g/mol. The fraction of sp³-hybridized carbons (Fsp3) is 0.364. The van der Waals surface area contributed by atoms with Crippen molar-refractivity contribution in [1.82, 2.24) is 10.2 Å². The van der Waals surface area contributed by atoms with Crippen LogP contribution in [0.3, 0.4) is 0 Å². The molecule has 2 aliphatic heterocycles. The van der Waals surface area contributed by atoms with Crippen LogP contribution in [0, 0.1) is 12.8 Å². The predicted molar refractivity (Wildman–Crippen MR) is 104 cm³/mol. The van der Waals surface area contributed by atoms with Crippen molar-refractivity contribution in [2.75, 3.05) is 19.9 Å². The molecule has 2 aromatic carbocycles. The first-order chi connectivity index (χ1) is 13.6. The first kappa shape index (κ1) is 18.3. The van der Waals surface area contributed by atoms with E-state index in [1.807, 2.05) is 18.2 Å². The number of nitrogens with one attached hydrogen (secondary N) is 1. The summed E-state index contributed by atoms with van der Waals surface area (Å²) in [5.74, 6) is 1.10. The second kappa shape index (κ2) is 7.92. The molecule has 1 saturated heterocycles. The van der Waals surface area contributed by atoms with Crippen LogP contribution in [-0.4, -0.2) is 36.6 Å². The summed E-state index contributed by atoms with van der Waals surface area (Å²) in [5.41, 5.74) is 3.37. The molecule has 0 saturated carbocycles. The molecule has 6 heteroatoms. The molecule has 2 heterocycles. The van der Waals surface area contributed by atoms with Gasteiger partial charge in [-0.15, -0.1) is 0 Å². The molecule has 0 spiro atoms. The second-order valence-corrected chi connectivity index (χ2v) is 7.38. The van der Waals surface area contributed by atoms with Gasteiger partial charge in [0.05, 0.1) is 5.92 Å². The van der Waals surface area contributed by atoms with E-state index in [2.05, 4.69) is 36.5 Å². The molecule has 2 aliphatic rings. The Morgan fingerprint density at radius 3 is 2.68 bits per heavy atom. The van der Waals surface area contributed by atoms with Crippen LogP contribution in [0.25, 0.3) is 0 Å². The number of hydrogen-bond donors (Lipinski definition) is 1. The van der Waals surface area contributed by atoms with Crippen molar-refractivity contribution >= 4 is 11.8 Å². The Bertz CT molecular complexity index is 879. The van der Waals surface area contributed by atoms with Crippen molar-refractivity contribution in [2.45, 2.75) is 26.3 Å². The van der Waals surface area contributed by atoms with E-state index in [0.717, 1.165) is 17.7 Å². The van der Waals surface area contributed by atoms with Crippen LogP contribution < -0.4 is 14.8 Å². The van der Waals surface area contributed by atoms with Crippen LogP contribution >= 0.6 is 0 Å². The van der Waals surface area contributed by atoms with Gasteiger partial charge in [0.1, 0.15) is 0 Å². The minimum absolute atomic E-state index is 0.0512. The highest BCUT2D eigenvalue weighted by atomic mass is 16.7. The molecule has 2 amide bonds. The molecule has 2 aromatic rings. The van der Waals surface area contributed by atoms with Crippen molar-refractivity contribution in [2.24, 2.45) is 5.92 Å². The van der Waals surface area contributed by atoms with E-state index < -0.39 is 0 Å². The number of fused-ring (bicyclic) bond motifs is 1. The van der Waals surface area contributed by atoms with Gasteiger partial charge in [-0.3, -0.25) is 9.59 Å². The van der Waals surface area contributed by atoms with Crippen LogP contribution in [0.15, 0.2) is 42.5 Å². The number of carbonyl (C=O) groups excluding carboxylic acids is 2. The maximum Gasteiger partial charge on any atom is 0.231 e. The zero-order valence-electron chi connectivity index (χ0n) is 15.9. The Morgan fingerprint density at radius 2 is 1.86 bits per heavy atom. The molecule has 0 aromatic heterocycles. The summed E-state index contributed by atoms with van der Waals surface area (Å²) >= 11 is 0. The van der Waals surface area contributed by atoms with Crippen LogP contribution in [0.5, 0.6) is 11.5 Å². The lowest BCUT2D eigenvalue weighted by molar-refractivity contribution is -0.129. The van der Waals surface area contributed by atoms with E-state index in [1.54, 1.807) is 4.90 Å². The highest BCUT2D eigenvalue weighted by Gasteiger charge is 2.33. The third kappa shape index (κ3) is 4.11. The quantitative estimate of drug-likeness (QED) is 0.836. The van der Waals surface area contributed by atoms with E-state index in [1.165, 1.54) is 11.1 Å². The van der Waals surface area contributed by atoms with Gasteiger partial charge in [0, 0.05) is 26.1 Å². The molecule has 1 fully saturated rings. The first-order valence-electron chi connectivity index (χ1n) is 9.58. The van der Waals surface area contributed by atoms with Gasteiger partial charge in [0.25, 0.3) is 0 Å². The van der Waals surface area contributed by atoms with Crippen molar-refractivity contribution in [1.29, 1.82) is 0 Å². The summed E-state index contributed by atoms with van der Waals surface area (Å²) in [6, 6.07) is 13.9. The molecule has 146 valence electrons. The Kier molecular flexibility index (Phi) is 5.19. The summed E-state index contributed by atoms with van der Waals surface area (Å²) < 4.78 is 10.6. The van der Waals surface area contributed by atoms with Crippen LogP contribution in [-0.2, 0) is 22.6 Å². The van der Waals surface area contributed by atoms with Gasteiger partial charge in [-0.25, -0.2) is 0 Å². The minimum Gasteiger partial charge on any atom is -0.454 e. The number of carbonyl (C=O) groups is 2. The molecule has 0 aliphatic carbocycles. The standard InChI is InChI=1S/C22H24N2O4/c1-15-2-4-16(5-3-15)8-9-24-13-18(11-21(24)25)22(26)23-12-17-6-7-19-20(10-17)28-14-27-19/h2-7,10,18H,8-9,11-14H2,1H3,(H,23,26)/t18-/m1/s1. The van der Waals surface area contributed by atoms with Gasteiger partial charge < -0.3 is 19.7 Å². The maximum absolute atomic E-state index is 12.5. The second-order valence-electron chi connectivity index (χ2n) is 7.38. The highest BCUT2D eigenvalue weighted by molar-refractivity contribution is 5.89. The van der Waals surface area contributed by atoms with Crippen LogP contribution in [0.1, 0.15) is 23.1 Å². The Hall–Kier alpha value is -3.02. The van der Waals surface area contributed by atoms with Gasteiger partial charge in [0.15, 0.2) is 11.5 Å². The first-order valence-corrected chi connectivity index (χ1v) is 9.58. The fourth-order valence-corrected chi connectivity index (χ4v) is 3.57. The molecule has 6 nitrogen and oxygen atoms in total. The average Bonchev–Trinajstić information content (AvgIpc) is 3.31. The Morgan fingerprint density at radius 1 is 1.11 bits per heavy atom. The summed E-state index contributed by atoms with van der Waals surface area (Å²) in [6.45, 7) is 3.82. The van der Waals surface area contributed by atoms with Gasteiger partial charge in [-0.1, -0.05) is 35.9 Å². The maximum atomic E-state index is 12.5. The van der Waals surface area contributed by atoms with E-state index in [0.29, 0.717) is 25.4 Å². The van der Waals surface area contributed by atoms with Crippen molar-refractivity contribution in [3.8, 4) is 11.5 Å². The van der Waals surface area contributed by atoms with Gasteiger partial charge in [-0.05, 0) is 36.6 Å². The van der Waals surface area contributed by atoms with E-state index >= 15 is 0 Å². The summed E-state index contributed by atoms with van der Waals surface area (Å²) in [5, 5.41) is 2.94. The molecule has 1 N–H and O–H groups in total. The van der Waals surface area contributed by atoms with Gasteiger partial charge in [-0.2, -0.15) is 0 Å². The van der Waals surface area contributed by atoms with Crippen LogP contribution in [0.4, 0.5) is 0 Å². The number of likely N-dealkylation sites (tertiary alicyclic amines) is 1. The molecular weight excluding hydrogens is 356 g/mol. The summed E-state index contributed by atoms with van der Waals surface area (Å²) in [6.07, 6.45) is 1.08. The van der Waals surface area contributed by atoms with Crippen molar-refractivity contribution in [3.05, 3.63) is 59.2 Å². The average molecular weight is 380 g/mol. The van der Waals surface area contributed by atoms with Gasteiger partial charge in [0.2, 0.25) is 18.6 Å². The molecule has 1 atom stereocenters. The fourth-order valence-electron chi connectivity index (χ4n) is 3.57. The van der Waals surface area contributed by atoms with Crippen molar-refractivity contribution in [3.63, 3.8) is 0 Å². The normalized spacial score (nSPS) is 17.8. The number of nitrogens with zero attached hydrogens (tertiary/aromatic N) is 1. The minimum atomic E-state index is -0.292. The Balaban J connectivity index is 1.27. The van der Waals surface area contributed by atoms with E-state index in [9.17, 15) is 9.59 Å². The third-order valence-electron chi connectivity index (χ3n) is 5.28. The number of amides is 2. The zero-order chi connectivity index (χ0) is 19.5. The molecule has 28 heavy (non-hydrogen) atoms. The topological polar surface area (TPSA) is 67.9 Å². The molecule has 0 unspecified atom stereocenters. The summed E-state index contributed by atoms with van der Waals surface area (Å²) in [7, 11) is 0.